The third kappa shape index (κ3) is 5.90. The summed E-state index contributed by atoms with van der Waals surface area (Å²) in [5, 5.41) is 7.61. The Hall–Kier alpha value is -0.260. The van der Waals surface area contributed by atoms with Crippen molar-refractivity contribution < 1.29 is 8.78 Å². The smallest absolute Gasteiger partial charge is 0.171 e. The lowest BCUT2D eigenvalue weighted by Crippen LogP contribution is -2.53. The van der Waals surface area contributed by atoms with Crippen molar-refractivity contribution >= 4 is 0 Å². The zero-order valence-electron chi connectivity index (χ0n) is 8.67. The molecular weight excluding hydrogens is 176 g/mol. The summed E-state index contributed by atoms with van der Waals surface area (Å²) >= 11 is 0. The largest absolute Gasteiger partial charge is 0.315 e. The van der Waals surface area contributed by atoms with Gasteiger partial charge in [0.1, 0.15) is 0 Å². The first-order valence-corrected chi connectivity index (χ1v) is 4.29. The fourth-order valence-corrected chi connectivity index (χ4v) is 0.833. The maximum absolute atomic E-state index is 13.4. The standard InChI is InChI=1S/C8H19F2N3/c1-7(9,12-4)6-13-8(2,10)5-11-3/h11-13H,5-6H2,1-4H3/t7-,8+/m1/s1. The quantitative estimate of drug-likeness (QED) is 0.536. The van der Waals surface area contributed by atoms with Crippen molar-refractivity contribution in [2.75, 3.05) is 27.2 Å². The van der Waals surface area contributed by atoms with Gasteiger partial charge in [-0.25, -0.2) is 8.78 Å². The van der Waals surface area contributed by atoms with Crippen molar-refractivity contribution in [3.05, 3.63) is 0 Å². The van der Waals surface area contributed by atoms with Gasteiger partial charge in [-0.1, -0.05) is 0 Å². The Labute approximate surface area is 78.3 Å². The minimum absolute atomic E-state index is 0.0713. The van der Waals surface area contributed by atoms with Gasteiger partial charge in [-0.3, -0.25) is 10.6 Å². The van der Waals surface area contributed by atoms with E-state index >= 15 is 0 Å². The molecule has 0 bridgehead atoms. The average molecular weight is 195 g/mol. The molecular formula is C8H19F2N3. The summed E-state index contributed by atoms with van der Waals surface area (Å²) in [5.41, 5.74) is 0. The highest BCUT2D eigenvalue weighted by Crippen LogP contribution is 2.08. The monoisotopic (exact) mass is 195 g/mol. The van der Waals surface area contributed by atoms with Crippen LogP contribution in [0, 0.1) is 0 Å². The second-order valence-electron chi connectivity index (χ2n) is 3.53. The van der Waals surface area contributed by atoms with E-state index in [2.05, 4.69) is 16.0 Å². The molecule has 0 spiro atoms. The lowest BCUT2D eigenvalue weighted by atomic mass is 10.2. The van der Waals surface area contributed by atoms with E-state index < -0.39 is 11.6 Å². The van der Waals surface area contributed by atoms with Crippen LogP contribution in [0.1, 0.15) is 13.8 Å². The van der Waals surface area contributed by atoms with Crippen molar-refractivity contribution in [2.45, 2.75) is 25.4 Å². The molecule has 0 saturated carbocycles. The van der Waals surface area contributed by atoms with Gasteiger partial charge in [-0.2, -0.15) is 0 Å². The molecule has 13 heavy (non-hydrogen) atoms. The van der Waals surface area contributed by atoms with E-state index in [1.807, 2.05) is 0 Å². The number of nitrogens with one attached hydrogen (secondary N) is 3. The average Bonchev–Trinajstić information content (AvgIpc) is 2.02. The molecule has 0 radical (unpaired) electrons. The van der Waals surface area contributed by atoms with Crippen LogP contribution in [-0.4, -0.2) is 38.8 Å². The Kier molecular flexibility index (Phi) is 4.74. The van der Waals surface area contributed by atoms with Crippen LogP contribution in [0.5, 0.6) is 0 Å². The predicted molar refractivity (Wildman–Crippen MR) is 50.0 cm³/mol. The van der Waals surface area contributed by atoms with Crippen molar-refractivity contribution in [3.63, 3.8) is 0 Å². The first kappa shape index (κ1) is 12.7. The first-order chi connectivity index (χ1) is 5.83. The summed E-state index contributed by atoms with van der Waals surface area (Å²) < 4.78 is 26.6. The van der Waals surface area contributed by atoms with Crippen LogP contribution in [0.2, 0.25) is 0 Å². The molecule has 0 saturated heterocycles. The highest BCUT2D eigenvalue weighted by atomic mass is 19.2. The molecule has 0 rings (SSSR count). The number of hydrogen-bond acceptors (Lipinski definition) is 3. The van der Waals surface area contributed by atoms with Crippen LogP contribution in [0.3, 0.4) is 0 Å². The Balaban J connectivity index is 3.86. The van der Waals surface area contributed by atoms with Gasteiger partial charge in [0.15, 0.2) is 11.6 Å². The second kappa shape index (κ2) is 4.83. The number of likely N-dealkylation sites (N-methyl/N-ethyl adjacent to an activating group) is 2. The lowest BCUT2D eigenvalue weighted by Gasteiger charge is -2.27. The van der Waals surface area contributed by atoms with Crippen LogP contribution in [0.4, 0.5) is 8.78 Å². The second-order valence-corrected chi connectivity index (χ2v) is 3.53. The molecule has 2 atom stereocenters. The molecule has 3 N–H and O–H groups in total. The third-order valence-electron chi connectivity index (χ3n) is 1.82. The number of alkyl halides is 2. The molecule has 0 aromatic rings. The van der Waals surface area contributed by atoms with Gasteiger partial charge in [-0.15, -0.1) is 0 Å². The predicted octanol–water partition coefficient (Wildman–Crippen LogP) is 0.386. The highest BCUT2D eigenvalue weighted by Gasteiger charge is 2.27. The molecule has 0 aliphatic rings. The molecule has 5 heteroatoms. The molecule has 0 unspecified atom stereocenters. The van der Waals surface area contributed by atoms with Gasteiger partial charge in [0, 0.05) is 13.1 Å². The number of hydrogen-bond donors (Lipinski definition) is 3. The normalized spacial score (nSPS) is 20.8. The molecule has 80 valence electrons. The van der Waals surface area contributed by atoms with Crippen LogP contribution in [0.15, 0.2) is 0 Å². The van der Waals surface area contributed by atoms with E-state index in [1.54, 1.807) is 7.05 Å². The summed E-state index contributed by atoms with van der Waals surface area (Å²) in [6.45, 7) is 2.80. The molecule has 3 nitrogen and oxygen atoms in total. The van der Waals surface area contributed by atoms with Crippen LogP contribution >= 0.6 is 0 Å². The Bertz CT molecular complexity index is 148. The van der Waals surface area contributed by atoms with E-state index in [4.69, 9.17) is 0 Å². The van der Waals surface area contributed by atoms with Gasteiger partial charge in [-0.05, 0) is 27.9 Å². The number of halogens is 2. The third-order valence-corrected chi connectivity index (χ3v) is 1.82. The van der Waals surface area contributed by atoms with E-state index in [9.17, 15) is 8.78 Å². The molecule has 0 amide bonds. The SMILES string of the molecule is CNC[C@@](C)(F)NC[C@](C)(F)NC. The van der Waals surface area contributed by atoms with E-state index in [1.165, 1.54) is 20.9 Å². The molecule has 0 aromatic heterocycles. The zero-order chi connectivity index (χ0) is 10.5. The topological polar surface area (TPSA) is 36.1 Å². The minimum atomic E-state index is -1.58. The molecule has 0 aliphatic carbocycles. The van der Waals surface area contributed by atoms with Gasteiger partial charge >= 0.3 is 0 Å². The van der Waals surface area contributed by atoms with E-state index in [0.29, 0.717) is 0 Å². The summed E-state index contributed by atoms with van der Waals surface area (Å²) in [6, 6.07) is 0. The van der Waals surface area contributed by atoms with Crippen LogP contribution in [0.25, 0.3) is 0 Å². The molecule has 0 aliphatic heterocycles. The zero-order valence-corrected chi connectivity index (χ0v) is 8.67. The fraction of sp³-hybridized carbons (Fsp3) is 1.00. The molecule has 0 aromatic carbocycles. The van der Waals surface area contributed by atoms with Gasteiger partial charge in [0.05, 0.1) is 0 Å². The summed E-state index contributed by atoms with van der Waals surface area (Å²) in [7, 11) is 3.14. The summed E-state index contributed by atoms with van der Waals surface area (Å²) in [5.74, 6) is -3.17. The lowest BCUT2D eigenvalue weighted by molar-refractivity contribution is 0.0807. The van der Waals surface area contributed by atoms with Gasteiger partial charge < -0.3 is 5.32 Å². The summed E-state index contributed by atoms with van der Waals surface area (Å²) in [4.78, 5) is 0. The van der Waals surface area contributed by atoms with Crippen molar-refractivity contribution in [1.82, 2.24) is 16.0 Å². The Morgan fingerprint density at radius 3 is 1.92 bits per heavy atom. The Morgan fingerprint density at radius 2 is 1.54 bits per heavy atom. The van der Waals surface area contributed by atoms with Gasteiger partial charge in [0.2, 0.25) is 0 Å². The highest BCUT2D eigenvalue weighted by molar-refractivity contribution is 4.79. The molecule has 0 heterocycles. The van der Waals surface area contributed by atoms with Crippen molar-refractivity contribution in [3.8, 4) is 0 Å². The minimum Gasteiger partial charge on any atom is -0.315 e. The maximum Gasteiger partial charge on any atom is 0.171 e. The molecule has 0 fully saturated rings. The van der Waals surface area contributed by atoms with E-state index in [-0.39, 0.29) is 13.1 Å². The van der Waals surface area contributed by atoms with Crippen LogP contribution in [-0.2, 0) is 0 Å². The van der Waals surface area contributed by atoms with Crippen molar-refractivity contribution in [1.29, 1.82) is 0 Å². The maximum atomic E-state index is 13.4. The Morgan fingerprint density at radius 1 is 1.00 bits per heavy atom. The fourth-order valence-electron chi connectivity index (χ4n) is 0.833. The first-order valence-electron chi connectivity index (χ1n) is 4.29. The van der Waals surface area contributed by atoms with Crippen molar-refractivity contribution in [2.24, 2.45) is 0 Å². The van der Waals surface area contributed by atoms with Crippen LogP contribution < -0.4 is 16.0 Å². The summed E-state index contributed by atoms with van der Waals surface area (Å²) in [6.07, 6.45) is 0. The van der Waals surface area contributed by atoms with Gasteiger partial charge in [0.25, 0.3) is 0 Å². The van der Waals surface area contributed by atoms with E-state index in [0.717, 1.165) is 0 Å². The number of rotatable bonds is 6.